The zero-order chi connectivity index (χ0) is 9.97. The van der Waals surface area contributed by atoms with Gasteiger partial charge >= 0.3 is 0 Å². The zero-order valence-corrected chi connectivity index (χ0v) is 7.94. The molecule has 1 amide bonds. The van der Waals surface area contributed by atoms with E-state index in [1.165, 1.54) is 0 Å². The maximum atomic E-state index is 11.3. The van der Waals surface area contributed by atoms with Crippen molar-refractivity contribution in [3.8, 4) is 0 Å². The van der Waals surface area contributed by atoms with Gasteiger partial charge in [-0.1, -0.05) is 0 Å². The number of carbonyl (C=O) groups is 1. The third-order valence-corrected chi connectivity index (χ3v) is 2.36. The van der Waals surface area contributed by atoms with Gasteiger partial charge in [-0.25, -0.2) is 0 Å². The van der Waals surface area contributed by atoms with Gasteiger partial charge in [0, 0.05) is 24.8 Å². The first-order chi connectivity index (χ1) is 6.75. The summed E-state index contributed by atoms with van der Waals surface area (Å²) in [6, 6.07) is 3.56. The van der Waals surface area contributed by atoms with Gasteiger partial charge < -0.3 is 10.6 Å². The van der Waals surface area contributed by atoms with Gasteiger partial charge in [-0.05, 0) is 18.6 Å². The van der Waals surface area contributed by atoms with Crippen LogP contribution in [0.3, 0.4) is 0 Å². The molecule has 74 valence electrons. The molecule has 0 radical (unpaired) electrons. The highest BCUT2D eigenvalue weighted by Gasteiger charge is 2.20. The highest BCUT2D eigenvalue weighted by molar-refractivity contribution is 5.78. The van der Waals surface area contributed by atoms with E-state index in [9.17, 15) is 4.79 Å². The lowest BCUT2D eigenvalue weighted by Gasteiger charge is -2.14. The quantitative estimate of drug-likeness (QED) is 0.751. The van der Waals surface area contributed by atoms with Gasteiger partial charge in [-0.3, -0.25) is 9.78 Å². The van der Waals surface area contributed by atoms with Crippen LogP contribution in [0.5, 0.6) is 0 Å². The number of nitrogens with zero attached hydrogens (tertiary/aromatic N) is 2. The van der Waals surface area contributed by atoms with E-state index in [2.05, 4.69) is 4.98 Å². The molecule has 0 unspecified atom stereocenters. The van der Waals surface area contributed by atoms with E-state index in [0.717, 1.165) is 18.7 Å². The summed E-state index contributed by atoms with van der Waals surface area (Å²) in [5.74, 6) is 0.217. The van der Waals surface area contributed by atoms with Crippen LogP contribution in [-0.2, 0) is 11.3 Å². The van der Waals surface area contributed by atoms with Crippen molar-refractivity contribution in [1.82, 2.24) is 9.88 Å². The van der Waals surface area contributed by atoms with E-state index in [-0.39, 0.29) is 5.91 Å². The molecule has 0 atom stereocenters. The predicted octanol–water partition coefficient (Wildman–Crippen LogP) is 0.786. The number of carbonyl (C=O) groups excluding carboxylic acids is 1. The number of likely N-dealkylation sites (tertiary alicyclic amines) is 1. The molecule has 1 aromatic heterocycles. The fraction of sp³-hybridized carbons (Fsp3) is 0.400. The van der Waals surface area contributed by atoms with Crippen LogP contribution in [0.2, 0.25) is 0 Å². The smallest absolute Gasteiger partial charge is 0.222 e. The molecule has 1 saturated heterocycles. The summed E-state index contributed by atoms with van der Waals surface area (Å²) in [5.41, 5.74) is 7.18. The van der Waals surface area contributed by atoms with Gasteiger partial charge in [0.2, 0.25) is 5.91 Å². The van der Waals surface area contributed by atoms with Crippen molar-refractivity contribution in [2.24, 2.45) is 0 Å². The fourth-order valence-electron chi connectivity index (χ4n) is 1.65. The third kappa shape index (κ3) is 1.84. The molecule has 4 heteroatoms. The monoisotopic (exact) mass is 191 g/mol. The molecule has 14 heavy (non-hydrogen) atoms. The molecule has 2 rings (SSSR count). The average molecular weight is 191 g/mol. The molecule has 1 aromatic rings. The standard InChI is InChI=1S/C10H13N3O/c11-8-3-4-12-9(6-8)7-13-5-1-2-10(13)14/h3-4,6H,1-2,5,7H2,(H2,11,12). The number of nitrogens with two attached hydrogens (primary N) is 1. The summed E-state index contributed by atoms with van der Waals surface area (Å²) in [7, 11) is 0. The van der Waals surface area contributed by atoms with Crippen LogP contribution in [0.25, 0.3) is 0 Å². The minimum atomic E-state index is 0.217. The maximum Gasteiger partial charge on any atom is 0.222 e. The van der Waals surface area contributed by atoms with Gasteiger partial charge in [0.15, 0.2) is 0 Å². The Labute approximate surface area is 82.7 Å². The van der Waals surface area contributed by atoms with Crippen LogP contribution in [0.15, 0.2) is 18.3 Å². The number of aromatic nitrogens is 1. The zero-order valence-electron chi connectivity index (χ0n) is 7.94. The van der Waals surface area contributed by atoms with Gasteiger partial charge in [-0.2, -0.15) is 0 Å². The second-order valence-corrected chi connectivity index (χ2v) is 3.50. The second kappa shape index (κ2) is 3.65. The van der Waals surface area contributed by atoms with Crippen molar-refractivity contribution < 1.29 is 4.79 Å². The Bertz CT molecular complexity index is 351. The van der Waals surface area contributed by atoms with Crippen LogP contribution in [0, 0.1) is 0 Å². The summed E-state index contributed by atoms with van der Waals surface area (Å²) in [5, 5.41) is 0. The molecular formula is C10H13N3O. The van der Waals surface area contributed by atoms with Crippen molar-refractivity contribution in [3.05, 3.63) is 24.0 Å². The molecule has 0 aromatic carbocycles. The number of hydrogen-bond donors (Lipinski definition) is 1. The highest BCUT2D eigenvalue weighted by atomic mass is 16.2. The summed E-state index contributed by atoms with van der Waals surface area (Å²) in [6.07, 6.45) is 3.30. The van der Waals surface area contributed by atoms with Gasteiger partial charge in [0.25, 0.3) is 0 Å². The van der Waals surface area contributed by atoms with Crippen molar-refractivity contribution in [2.75, 3.05) is 12.3 Å². The number of nitrogen functional groups attached to an aromatic ring is 1. The van der Waals surface area contributed by atoms with Gasteiger partial charge in [0.05, 0.1) is 12.2 Å². The number of pyridine rings is 1. The molecule has 0 bridgehead atoms. The topological polar surface area (TPSA) is 59.2 Å². The molecule has 2 N–H and O–H groups in total. The number of amides is 1. The van der Waals surface area contributed by atoms with Crippen LogP contribution < -0.4 is 5.73 Å². The number of anilines is 1. The van der Waals surface area contributed by atoms with Crippen molar-refractivity contribution >= 4 is 11.6 Å². The Morgan fingerprint density at radius 3 is 3.07 bits per heavy atom. The Morgan fingerprint density at radius 2 is 2.43 bits per heavy atom. The van der Waals surface area contributed by atoms with Crippen LogP contribution in [0.1, 0.15) is 18.5 Å². The second-order valence-electron chi connectivity index (χ2n) is 3.50. The molecule has 0 saturated carbocycles. The fourth-order valence-corrected chi connectivity index (χ4v) is 1.65. The van der Waals surface area contributed by atoms with E-state index in [1.54, 1.807) is 12.3 Å². The summed E-state index contributed by atoms with van der Waals surface area (Å²) in [4.78, 5) is 17.3. The van der Waals surface area contributed by atoms with E-state index in [1.807, 2.05) is 11.0 Å². The first-order valence-electron chi connectivity index (χ1n) is 4.74. The maximum absolute atomic E-state index is 11.3. The number of hydrogen-bond acceptors (Lipinski definition) is 3. The molecule has 1 aliphatic rings. The summed E-state index contributed by atoms with van der Waals surface area (Å²) < 4.78 is 0. The molecule has 4 nitrogen and oxygen atoms in total. The molecule has 1 aliphatic heterocycles. The van der Waals surface area contributed by atoms with Gasteiger partial charge in [-0.15, -0.1) is 0 Å². The van der Waals surface area contributed by atoms with E-state index < -0.39 is 0 Å². The lowest BCUT2D eigenvalue weighted by molar-refractivity contribution is -0.128. The molecular weight excluding hydrogens is 178 g/mol. The summed E-state index contributed by atoms with van der Waals surface area (Å²) in [6.45, 7) is 1.43. The third-order valence-electron chi connectivity index (χ3n) is 2.36. The Hall–Kier alpha value is -1.58. The Balaban J connectivity index is 2.07. The molecule has 0 spiro atoms. The van der Waals surface area contributed by atoms with Crippen molar-refractivity contribution in [2.45, 2.75) is 19.4 Å². The molecule has 1 fully saturated rings. The van der Waals surface area contributed by atoms with E-state index >= 15 is 0 Å². The first-order valence-corrected chi connectivity index (χ1v) is 4.74. The largest absolute Gasteiger partial charge is 0.399 e. The predicted molar refractivity (Wildman–Crippen MR) is 53.3 cm³/mol. The molecule has 2 heterocycles. The van der Waals surface area contributed by atoms with Crippen molar-refractivity contribution in [1.29, 1.82) is 0 Å². The minimum absolute atomic E-state index is 0.217. The first kappa shape index (κ1) is 8.99. The minimum Gasteiger partial charge on any atom is -0.399 e. The average Bonchev–Trinajstić information content (AvgIpc) is 2.52. The Morgan fingerprint density at radius 1 is 1.57 bits per heavy atom. The lowest BCUT2D eigenvalue weighted by Crippen LogP contribution is -2.24. The van der Waals surface area contributed by atoms with Crippen LogP contribution in [-0.4, -0.2) is 22.3 Å². The summed E-state index contributed by atoms with van der Waals surface area (Å²) >= 11 is 0. The number of rotatable bonds is 2. The van der Waals surface area contributed by atoms with Crippen molar-refractivity contribution in [3.63, 3.8) is 0 Å². The molecule has 0 aliphatic carbocycles. The van der Waals surface area contributed by atoms with Crippen LogP contribution in [0.4, 0.5) is 5.69 Å². The highest BCUT2D eigenvalue weighted by Crippen LogP contribution is 2.13. The van der Waals surface area contributed by atoms with Crippen LogP contribution >= 0.6 is 0 Å². The lowest BCUT2D eigenvalue weighted by atomic mass is 10.3. The normalized spacial score (nSPS) is 16.3. The Kier molecular flexibility index (Phi) is 2.35. The van der Waals surface area contributed by atoms with E-state index in [4.69, 9.17) is 5.73 Å². The van der Waals surface area contributed by atoms with E-state index in [0.29, 0.717) is 18.7 Å². The van der Waals surface area contributed by atoms with Gasteiger partial charge in [0.1, 0.15) is 0 Å². The SMILES string of the molecule is Nc1ccnc(CN2CCCC2=O)c1.